The lowest BCUT2D eigenvalue weighted by Crippen LogP contribution is -2.44. The van der Waals surface area contributed by atoms with Gasteiger partial charge in [0.2, 0.25) is 0 Å². The SMILES string of the molecule is C#C[C@]1(COC(=O)C2CCC(C(C)(C)C)CC2)O[C@@H](n2cnc3c(N)nc(F)nc32)C[C@@H]1O. The van der Waals surface area contributed by atoms with Crippen molar-refractivity contribution in [3.8, 4) is 12.3 Å². The average Bonchev–Trinajstić information content (AvgIpc) is 3.33. The molecule has 0 radical (unpaired) electrons. The van der Waals surface area contributed by atoms with Gasteiger partial charge in [-0.25, -0.2) is 4.98 Å². The molecule has 0 amide bonds. The third-order valence-corrected chi connectivity index (χ3v) is 7.00. The second kappa shape index (κ2) is 8.54. The van der Waals surface area contributed by atoms with Gasteiger partial charge < -0.3 is 20.3 Å². The minimum absolute atomic E-state index is 0.0788. The summed E-state index contributed by atoms with van der Waals surface area (Å²) < 4.78 is 26.7. The van der Waals surface area contributed by atoms with Crippen LogP contribution in [-0.2, 0) is 14.3 Å². The van der Waals surface area contributed by atoms with E-state index in [9.17, 15) is 14.3 Å². The Labute approximate surface area is 191 Å². The van der Waals surface area contributed by atoms with Gasteiger partial charge in [0.05, 0.1) is 12.2 Å². The average molecular weight is 460 g/mol. The number of halogens is 1. The Balaban J connectivity index is 1.43. The number of aliphatic hydroxyl groups is 1. The molecule has 3 N–H and O–H groups in total. The van der Waals surface area contributed by atoms with Crippen molar-refractivity contribution in [1.29, 1.82) is 0 Å². The van der Waals surface area contributed by atoms with Gasteiger partial charge in [-0.15, -0.1) is 6.42 Å². The van der Waals surface area contributed by atoms with E-state index in [1.54, 1.807) is 0 Å². The van der Waals surface area contributed by atoms with Crippen LogP contribution in [0.1, 0.15) is 59.1 Å². The number of nitrogens with two attached hydrogens (primary N) is 1. The zero-order valence-corrected chi connectivity index (χ0v) is 19.1. The summed E-state index contributed by atoms with van der Waals surface area (Å²) in [6.45, 7) is 6.39. The van der Waals surface area contributed by atoms with Gasteiger partial charge in [-0.3, -0.25) is 9.36 Å². The molecular weight excluding hydrogens is 429 g/mol. The molecule has 2 aromatic rings. The van der Waals surface area contributed by atoms with Gasteiger partial charge in [0.15, 0.2) is 22.6 Å². The summed E-state index contributed by atoms with van der Waals surface area (Å²) in [5.41, 5.74) is 4.74. The summed E-state index contributed by atoms with van der Waals surface area (Å²) in [6.07, 6.45) is 7.73. The van der Waals surface area contributed by atoms with Crippen molar-refractivity contribution >= 4 is 23.0 Å². The summed E-state index contributed by atoms with van der Waals surface area (Å²) in [5.74, 6) is 2.42. The lowest BCUT2D eigenvalue weighted by molar-refractivity contribution is -0.162. The Morgan fingerprint density at radius 2 is 2.09 bits per heavy atom. The van der Waals surface area contributed by atoms with E-state index >= 15 is 0 Å². The summed E-state index contributed by atoms with van der Waals surface area (Å²) in [7, 11) is 0. The molecule has 1 aliphatic heterocycles. The van der Waals surface area contributed by atoms with Crippen LogP contribution in [0.2, 0.25) is 0 Å². The Bertz CT molecular complexity index is 1080. The van der Waals surface area contributed by atoms with Crippen molar-refractivity contribution < 1.29 is 23.8 Å². The van der Waals surface area contributed by atoms with E-state index in [0.717, 1.165) is 25.7 Å². The number of imidazole rings is 1. The van der Waals surface area contributed by atoms with Crippen LogP contribution in [0, 0.1) is 35.7 Å². The standard InChI is InChI=1S/C23H30FN5O4/c1-5-23(11-32-20(31)13-6-8-14(9-7-13)22(2,3)4)15(30)10-16(33-23)29-12-26-17-18(25)27-21(24)28-19(17)29/h1,12-16,30H,6-11H2,2-4H3,(H2,25,27,28)/t13?,14?,15-,16+,23+/m0/s1. The number of hydrogen-bond donors (Lipinski definition) is 2. The highest BCUT2D eigenvalue weighted by Crippen LogP contribution is 2.41. The van der Waals surface area contributed by atoms with Crippen molar-refractivity contribution in [2.24, 2.45) is 17.3 Å². The first-order valence-corrected chi connectivity index (χ1v) is 11.2. The van der Waals surface area contributed by atoms with Crippen molar-refractivity contribution in [3.63, 3.8) is 0 Å². The summed E-state index contributed by atoms with van der Waals surface area (Å²) in [4.78, 5) is 24.0. The maximum absolute atomic E-state index is 13.7. The van der Waals surface area contributed by atoms with Crippen LogP contribution in [0.4, 0.5) is 10.2 Å². The van der Waals surface area contributed by atoms with Gasteiger partial charge in [0.25, 0.3) is 0 Å². The van der Waals surface area contributed by atoms with Gasteiger partial charge in [-0.05, 0) is 37.0 Å². The number of nitrogens with zero attached hydrogens (tertiary/aromatic N) is 4. The number of esters is 1. The van der Waals surface area contributed by atoms with Crippen LogP contribution in [0.3, 0.4) is 0 Å². The highest BCUT2D eigenvalue weighted by atomic mass is 19.1. The van der Waals surface area contributed by atoms with Crippen molar-refractivity contribution in [2.75, 3.05) is 12.3 Å². The highest BCUT2D eigenvalue weighted by Gasteiger charge is 2.49. The first kappa shape index (κ1) is 23.4. The first-order valence-electron chi connectivity index (χ1n) is 11.2. The number of carbonyl (C=O) groups is 1. The Hall–Kier alpha value is -2.77. The van der Waals surface area contributed by atoms with E-state index in [-0.39, 0.29) is 47.3 Å². The number of aromatic nitrogens is 4. The van der Waals surface area contributed by atoms with E-state index in [0.29, 0.717) is 5.92 Å². The smallest absolute Gasteiger partial charge is 0.312 e. The van der Waals surface area contributed by atoms with Crippen molar-refractivity contribution in [3.05, 3.63) is 12.4 Å². The highest BCUT2D eigenvalue weighted by molar-refractivity contribution is 5.81. The number of anilines is 1. The number of carbonyl (C=O) groups excluding carboxylic acids is 1. The molecule has 10 heteroatoms. The zero-order chi connectivity index (χ0) is 24.0. The van der Waals surface area contributed by atoms with Gasteiger partial charge in [-0.1, -0.05) is 26.7 Å². The van der Waals surface area contributed by atoms with E-state index < -0.39 is 24.0 Å². The van der Waals surface area contributed by atoms with Gasteiger partial charge in [0.1, 0.15) is 18.9 Å². The monoisotopic (exact) mass is 459 g/mol. The van der Waals surface area contributed by atoms with E-state index in [1.807, 2.05) is 0 Å². The molecule has 0 unspecified atom stereocenters. The minimum Gasteiger partial charge on any atom is -0.461 e. The molecule has 1 aliphatic carbocycles. The number of hydrogen-bond acceptors (Lipinski definition) is 8. The Morgan fingerprint density at radius 1 is 1.39 bits per heavy atom. The molecule has 1 saturated heterocycles. The summed E-state index contributed by atoms with van der Waals surface area (Å²) >= 11 is 0. The number of ether oxygens (including phenoxy) is 2. The Kier molecular flexibility index (Phi) is 6.05. The molecule has 2 aromatic heterocycles. The fourth-order valence-electron chi connectivity index (χ4n) is 4.84. The second-order valence-electron chi connectivity index (χ2n) is 10.1. The van der Waals surface area contributed by atoms with Gasteiger partial charge in [-0.2, -0.15) is 14.4 Å². The van der Waals surface area contributed by atoms with Crippen LogP contribution < -0.4 is 5.73 Å². The first-order chi connectivity index (χ1) is 15.5. The molecule has 9 nitrogen and oxygen atoms in total. The van der Waals surface area contributed by atoms with Crippen LogP contribution in [0.25, 0.3) is 11.2 Å². The molecule has 178 valence electrons. The fraction of sp³-hybridized carbons (Fsp3) is 0.652. The van der Waals surface area contributed by atoms with Crippen LogP contribution >= 0.6 is 0 Å². The maximum Gasteiger partial charge on any atom is 0.312 e. The third kappa shape index (κ3) is 4.39. The number of aliphatic hydroxyl groups excluding tert-OH is 1. The second-order valence-corrected chi connectivity index (χ2v) is 10.1. The zero-order valence-electron chi connectivity index (χ0n) is 19.1. The molecule has 33 heavy (non-hydrogen) atoms. The van der Waals surface area contributed by atoms with Gasteiger partial charge in [0, 0.05) is 6.42 Å². The predicted octanol–water partition coefficient (Wildman–Crippen LogP) is 2.60. The van der Waals surface area contributed by atoms with Crippen LogP contribution in [-0.4, -0.2) is 48.9 Å². The lowest BCUT2D eigenvalue weighted by Gasteiger charge is -2.36. The minimum atomic E-state index is -1.53. The normalized spacial score (nSPS) is 30.3. The molecule has 0 spiro atoms. The number of terminal acetylenes is 1. The predicted molar refractivity (Wildman–Crippen MR) is 118 cm³/mol. The largest absolute Gasteiger partial charge is 0.461 e. The third-order valence-electron chi connectivity index (χ3n) is 7.00. The van der Waals surface area contributed by atoms with Crippen LogP contribution in [0.5, 0.6) is 0 Å². The molecule has 3 heterocycles. The Morgan fingerprint density at radius 3 is 2.73 bits per heavy atom. The lowest BCUT2D eigenvalue weighted by atomic mass is 9.70. The number of rotatable bonds is 4. The quantitative estimate of drug-likeness (QED) is 0.406. The molecule has 4 rings (SSSR count). The maximum atomic E-state index is 13.7. The molecule has 2 aliphatic rings. The molecule has 0 aromatic carbocycles. The molecule has 1 saturated carbocycles. The fourth-order valence-corrected chi connectivity index (χ4v) is 4.84. The van der Waals surface area contributed by atoms with Gasteiger partial charge >= 0.3 is 12.0 Å². The van der Waals surface area contributed by atoms with E-state index in [1.165, 1.54) is 10.9 Å². The van der Waals surface area contributed by atoms with Crippen molar-refractivity contribution in [1.82, 2.24) is 19.5 Å². The molecule has 3 atom stereocenters. The molecular formula is C23H30FN5O4. The molecule has 2 fully saturated rings. The summed E-state index contributed by atoms with van der Waals surface area (Å²) in [5, 5.41) is 10.7. The van der Waals surface area contributed by atoms with Crippen LogP contribution in [0.15, 0.2) is 6.33 Å². The number of fused-ring (bicyclic) bond motifs is 1. The summed E-state index contributed by atoms with van der Waals surface area (Å²) in [6, 6.07) is 0. The van der Waals surface area contributed by atoms with E-state index in [4.69, 9.17) is 21.6 Å². The topological polar surface area (TPSA) is 125 Å². The van der Waals surface area contributed by atoms with E-state index in [2.05, 4.69) is 41.6 Å². The number of nitrogen functional groups attached to an aromatic ring is 1. The molecule has 0 bridgehead atoms. The van der Waals surface area contributed by atoms with Crippen molar-refractivity contribution in [2.45, 2.75) is 70.8 Å².